The lowest BCUT2D eigenvalue weighted by Crippen LogP contribution is -2.28. The minimum Gasteiger partial charge on any atom is -0.402 e. The summed E-state index contributed by atoms with van der Waals surface area (Å²) in [7, 11) is 0. The zero-order valence-corrected chi connectivity index (χ0v) is 16.3. The summed E-state index contributed by atoms with van der Waals surface area (Å²) >= 11 is 0. The first-order valence-electron chi connectivity index (χ1n) is 10.2. The molecule has 2 aliphatic rings. The smallest absolute Gasteiger partial charge is 0.263 e. The van der Waals surface area contributed by atoms with Crippen LogP contribution in [0.4, 0.5) is 0 Å². The van der Waals surface area contributed by atoms with Gasteiger partial charge in [-0.3, -0.25) is 4.79 Å². The zero-order valence-electron chi connectivity index (χ0n) is 16.3. The molecule has 1 aliphatic carbocycles. The number of nitrogens with one attached hydrogen (secondary N) is 2. The second kappa shape index (κ2) is 8.26. The molecule has 8 heteroatoms. The SMILES string of the molecule is CC(N)=C(c1nc(C2CCNCC2)cc(=O)[nH]1)c1nc(C2CCCCC2)no1. The number of rotatable bonds is 4. The molecule has 0 amide bonds. The van der Waals surface area contributed by atoms with Crippen LogP contribution in [0.15, 0.2) is 21.1 Å². The molecule has 2 aromatic heterocycles. The third-order valence-electron chi connectivity index (χ3n) is 5.78. The summed E-state index contributed by atoms with van der Waals surface area (Å²) in [6, 6.07) is 1.59. The van der Waals surface area contributed by atoms with Crippen molar-refractivity contribution in [2.75, 3.05) is 13.1 Å². The number of hydrogen-bond acceptors (Lipinski definition) is 7. The minimum absolute atomic E-state index is 0.190. The molecule has 8 nitrogen and oxygen atoms in total. The van der Waals surface area contributed by atoms with Gasteiger partial charge in [0.15, 0.2) is 5.82 Å². The van der Waals surface area contributed by atoms with Crippen molar-refractivity contribution >= 4 is 5.57 Å². The fourth-order valence-corrected chi connectivity index (χ4v) is 4.24. The van der Waals surface area contributed by atoms with Gasteiger partial charge in [-0.2, -0.15) is 4.98 Å². The summed E-state index contributed by atoms with van der Waals surface area (Å²) < 4.78 is 5.55. The number of hydrogen-bond donors (Lipinski definition) is 3. The van der Waals surface area contributed by atoms with Gasteiger partial charge in [0.25, 0.3) is 11.4 Å². The lowest BCUT2D eigenvalue weighted by atomic mass is 9.89. The van der Waals surface area contributed by atoms with Crippen molar-refractivity contribution in [2.24, 2.45) is 5.73 Å². The number of nitrogens with zero attached hydrogens (tertiary/aromatic N) is 3. The largest absolute Gasteiger partial charge is 0.402 e. The quantitative estimate of drug-likeness (QED) is 0.739. The van der Waals surface area contributed by atoms with E-state index in [0.29, 0.717) is 28.9 Å². The Balaban J connectivity index is 1.67. The van der Waals surface area contributed by atoms with E-state index in [1.54, 1.807) is 13.0 Å². The van der Waals surface area contributed by atoms with E-state index < -0.39 is 0 Å². The topological polar surface area (TPSA) is 123 Å². The molecule has 4 N–H and O–H groups in total. The molecule has 2 aromatic rings. The maximum Gasteiger partial charge on any atom is 0.263 e. The van der Waals surface area contributed by atoms with E-state index in [1.165, 1.54) is 19.3 Å². The van der Waals surface area contributed by atoms with E-state index in [1.807, 2.05) is 0 Å². The van der Waals surface area contributed by atoms with E-state index in [0.717, 1.165) is 50.3 Å². The Morgan fingerprint density at radius 1 is 1.11 bits per heavy atom. The van der Waals surface area contributed by atoms with Gasteiger partial charge in [-0.05, 0) is 45.7 Å². The van der Waals surface area contributed by atoms with Gasteiger partial charge in [-0.15, -0.1) is 0 Å². The Morgan fingerprint density at radius 3 is 2.57 bits per heavy atom. The van der Waals surface area contributed by atoms with Crippen molar-refractivity contribution < 1.29 is 4.52 Å². The molecule has 0 radical (unpaired) electrons. The first kappa shape index (κ1) is 18.9. The maximum absolute atomic E-state index is 12.3. The predicted octanol–water partition coefficient (Wildman–Crippen LogP) is 2.41. The number of H-pyrrole nitrogens is 1. The minimum atomic E-state index is -0.190. The Hall–Kier alpha value is -2.48. The number of nitrogens with two attached hydrogens (primary N) is 1. The molecule has 1 saturated carbocycles. The zero-order chi connectivity index (χ0) is 19.5. The van der Waals surface area contributed by atoms with Crippen LogP contribution in [-0.2, 0) is 0 Å². The number of aromatic nitrogens is 4. The molecule has 3 heterocycles. The Bertz CT molecular complexity index is 899. The summed E-state index contributed by atoms with van der Waals surface area (Å²) in [4.78, 5) is 24.5. The average molecular weight is 384 g/mol. The van der Waals surface area contributed by atoms with E-state index in [2.05, 4.69) is 20.4 Å². The van der Waals surface area contributed by atoms with Crippen LogP contribution in [0, 0.1) is 0 Å². The van der Waals surface area contributed by atoms with Crippen LogP contribution in [0.3, 0.4) is 0 Å². The second-order valence-electron chi connectivity index (χ2n) is 7.89. The Morgan fingerprint density at radius 2 is 1.86 bits per heavy atom. The third kappa shape index (κ3) is 4.01. The van der Waals surface area contributed by atoms with E-state index >= 15 is 0 Å². The fourth-order valence-electron chi connectivity index (χ4n) is 4.24. The van der Waals surface area contributed by atoms with Crippen LogP contribution in [0.25, 0.3) is 5.57 Å². The lowest BCUT2D eigenvalue weighted by Gasteiger charge is -2.22. The summed E-state index contributed by atoms with van der Waals surface area (Å²) in [6.07, 6.45) is 7.75. The summed E-state index contributed by atoms with van der Waals surface area (Å²) in [5.41, 5.74) is 7.76. The second-order valence-corrected chi connectivity index (χ2v) is 7.89. The van der Waals surface area contributed by atoms with Gasteiger partial charge in [-0.25, -0.2) is 4.98 Å². The van der Waals surface area contributed by atoms with Crippen molar-refractivity contribution in [3.63, 3.8) is 0 Å². The molecule has 0 aromatic carbocycles. The first-order chi connectivity index (χ1) is 13.6. The van der Waals surface area contributed by atoms with Gasteiger partial charge in [0.2, 0.25) is 0 Å². The van der Waals surface area contributed by atoms with E-state index in [4.69, 9.17) is 15.2 Å². The highest BCUT2D eigenvalue weighted by atomic mass is 16.5. The van der Waals surface area contributed by atoms with E-state index in [-0.39, 0.29) is 11.5 Å². The van der Waals surface area contributed by atoms with Crippen molar-refractivity contribution in [3.05, 3.63) is 45.4 Å². The Kier molecular flexibility index (Phi) is 5.57. The van der Waals surface area contributed by atoms with Gasteiger partial charge in [0.1, 0.15) is 11.4 Å². The lowest BCUT2D eigenvalue weighted by molar-refractivity contribution is 0.374. The van der Waals surface area contributed by atoms with Crippen LogP contribution < -0.4 is 16.6 Å². The normalized spacial score (nSPS) is 20.2. The molecule has 2 fully saturated rings. The van der Waals surface area contributed by atoms with E-state index in [9.17, 15) is 4.79 Å². The maximum atomic E-state index is 12.3. The fraction of sp³-hybridized carbons (Fsp3) is 0.600. The molecule has 150 valence electrons. The van der Waals surface area contributed by atoms with Crippen molar-refractivity contribution in [3.8, 4) is 0 Å². The number of piperidine rings is 1. The van der Waals surface area contributed by atoms with Crippen LogP contribution in [0.2, 0.25) is 0 Å². The summed E-state index contributed by atoms with van der Waals surface area (Å²) in [5, 5.41) is 7.54. The third-order valence-corrected chi connectivity index (χ3v) is 5.78. The van der Waals surface area contributed by atoms with Crippen LogP contribution in [-0.4, -0.2) is 33.2 Å². The average Bonchev–Trinajstić information content (AvgIpc) is 3.18. The molecule has 4 rings (SSSR count). The van der Waals surface area contributed by atoms with Crippen molar-refractivity contribution in [1.29, 1.82) is 0 Å². The molecule has 0 unspecified atom stereocenters. The highest BCUT2D eigenvalue weighted by Crippen LogP contribution is 2.32. The van der Waals surface area contributed by atoms with Gasteiger partial charge < -0.3 is 20.6 Å². The molecule has 0 spiro atoms. The van der Waals surface area contributed by atoms with Gasteiger partial charge in [-0.1, -0.05) is 24.4 Å². The van der Waals surface area contributed by atoms with Crippen LogP contribution >= 0.6 is 0 Å². The molecular formula is C20H28N6O2. The molecule has 0 atom stereocenters. The van der Waals surface area contributed by atoms with Gasteiger partial charge in [0.05, 0.1) is 5.69 Å². The standard InChI is InChI=1S/C20H28N6O2/c1-12(21)17(20-25-18(26-28-20)14-5-3-2-4-6-14)19-23-15(11-16(27)24-19)13-7-9-22-10-8-13/h11,13-14,22H,2-10,21H2,1H3,(H,23,24,27). The number of aromatic amines is 1. The van der Waals surface area contributed by atoms with Gasteiger partial charge >= 0.3 is 0 Å². The molecular weight excluding hydrogens is 356 g/mol. The van der Waals surface area contributed by atoms with Crippen LogP contribution in [0.5, 0.6) is 0 Å². The molecule has 1 aliphatic heterocycles. The van der Waals surface area contributed by atoms with Crippen molar-refractivity contribution in [2.45, 2.75) is 63.7 Å². The highest BCUT2D eigenvalue weighted by molar-refractivity contribution is 5.73. The molecule has 0 bridgehead atoms. The van der Waals surface area contributed by atoms with Crippen molar-refractivity contribution in [1.82, 2.24) is 25.4 Å². The first-order valence-corrected chi connectivity index (χ1v) is 10.2. The molecule has 1 saturated heterocycles. The summed E-state index contributed by atoms with van der Waals surface area (Å²) in [6.45, 7) is 3.63. The Labute approximate surface area is 164 Å². The molecule has 28 heavy (non-hydrogen) atoms. The monoisotopic (exact) mass is 384 g/mol. The van der Waals surface area contributed by atoms with Gasteiger partial charge in [0, 0.05) is 23.6 Å². The predicted molar refractivity (Wildman–Crippen MR) is 106 cm³/mol. The number of allylic oxidation sites excluding steroid dienone is 1. The van der Waals surface area contributed by atoms with Crippen LogP contribution in [0.1, 0.15) is 86.9 Å². The summed E-state index contributed by atoms with van der Waals surface area (Å²) in [5.74, 6) is 2.05. The highest BCUT2D eigenvalue weighted by Gasteiger charge is 2.25.